The first-order chi connectivity index (χ1) is 9.49. The molecule has 2 rings (SSSR count). The molecule has 1 N–H and O–H groups in total. The van der Waals surface area contributed by atoms with Gasteiger partial charge in [-0.15, -0.1) is 0 Å². The van der Waals surface area contributed by atoms with E-state index in [1.54, 1.807) is 6.92 Å². The molecular formula is C13H12FNO5. The first kappa shape index (κ1) is 13.9. The van der Waals surface area contributed by atoms with Crippen LogP contribution in [0.15, 0.2) is 16.7 Å². The zero-order valence-electron chi connectivity index (χ0n) is 11.1. The van der Waals surface area contributed by atoms with Crippen molar-refractivity contribution in [2.24, 2.45) is 0 Å². The standard InChI is InChI=1S/C13H12FNO5/c1-6-7(10-5-9(13(16)17)15-20-10)4-8(14)12(19-3)11(6)18-2/h4-5H,1-3H3,(H,16,17). The van der Waals surface area contributed by atoms with Gasteiger partial charge in [0.25, 0.3) is 0 Å². The molecule has 0 aliphatic carbocycles. The molecule has 20 heavy (non-hydrogen) atoms. The number of ether oxygens (including phenoxy) is 2. The Hall–Kier alpha value is -2.57. The molecule has 106 valence electrons. The van der Waals surface area contributed by atoms with E-state index < -0.39 is 11.8 Å². The topological polar surface area (TPSA) is 81.8 Å². The van der Waals surface area contributed by atoms with Gasteiger partial charge < -0.3 is 19.1 Å². The third-order valence-corrected chi connectivity index (χ3v) is 2.84. The minimum absolute atomic E-state index is 0.0216. The van der Waals surface area contributed by atoms with Gasteiger partial charge in [-0.05, 0) is 13.0 Å². The third kappa shape index (κ3) is 2.18. The largest absolute Gasteiger partial charge is 0.492 e. The number of carboxylic acid groups (broad SMARTS) is 1. The molecule has 0 spiro atoms. The summed E-state index contributed by atoms with van der Waals surface area (Å²) in [6, 6.07) is 2.40. The highest BCUT2D eigenvalue weighted by molar-refractivity contribution is 5.86. The van der Waals surface area contributed by atoms with E-state index >= 15 is 0 Å². The van der Waals surface area contributed by atoms with Gasteiger partial charge >= 0.3 is 5.97 Å². The summed E-state index contributed by atoms with van der Waals surface area (Å²) in [4.78, 5) is 10.8. The van der Waals surface area contributed by atoms with E-state index in [-0.39, 0.29) is 23.0 Å². The lowest BCUT2D eigenvalue weighted by Crippen LogP contribution is -1.98. The summed E-state index contributed by atoms with van der Waals surface area (Å²) < 4.78 is 28.9. The average Bonchev–Trinajstić information content (AvgIpc) is 2.90. The summed E-state index contributed by atoms with van der Waals surface area (Å²) in [6.45, 7) is 1.68. The summed E-state index contributed by atoms with van der Waals surface area (Å²) in [5, 5.41) is 12.2. The second-order valence-electron chi connectivity index (χ2n) is 3.98. The molecule has 0 bridgehead atoms. The molecular weight excluding hydrogens is 269 g/mol. The van der Waals surface area contributed by atoms with Crippen LogP contribution in [0.5, 0.6) is 11.5 Å². The molecule has 1 aromatic carbocycles. The number of aromatic nitrogens is 1. The number of rotatable bonds is 4. The molecule has 1 aromatic heterocycles. The van der Waals surface area contributed by atoms with Gasteiger partial charge in [0, 0.05) is 17.2 Å². The van der Waals surface area contributed by atoms with Crippen molar-refractivity contribution >= 4 is 5.97 Å². The molecule has 0 radical (unpaired) electrons. The van der Waals surface area contributed by atoms with Crippen LogP contribution in [0.25, 0.3) is 11.3 Å². The van der Waals surface area contributed by atoms with Crippen LogP contribution in [0.1, 0.15) is 16.1 Å². The quantitative estimate of drug-likeness (QED) is 0.927. The van der Waals surface area contributed by atoms with E-state index in [1.165, 1.54) is 26.4 Å². The second kappa shape index (κ2) is 5.20. The lowest BCUT2D eigenvalue weighted by molar-refractivity contribution is 0.0686. The molecule has 6 nitrogen and oxygen atoms in total. The van der Waals surface area contributed by atoms with Crippen molar-refractivity contribution in [1.82, 2.24) is 5.16 Å². The molecule has 7 heteroatoms. The molecule has 1 heterocycles. The highest BCUT2D eigenvalue weighted by Gasteiger charge is 2.21. The highest BCUT2D eigenvalue weighted by Crippen LogP contribution is 2.39. The fraction of sp³-hybridized carbons (Fsp3) is 0.231. The van der Waals surface area contributed by atoms with E-state index in [0.717, 1.165) is 0 Å². The third-order valence-electron chi connectivity index (χ3n) is 2.84. The first-order valence-corrected chi connectivity index (χ1v) is 5.61. The number of aromatic carboxylic acids is 1. The highest BCUT2D eigenvalue weighted by atomic mass is 19.1. The number of carbonyl (C=O) groups is 1. The molecule has 0 aliphatic heterocycles. The molecule has 0 fully saturated rings. The molecule has 2 aromatic rings. The van der Waals surface area contributed by atoms with Crippen LogP contribution in [0.2, 0.25) is 0 Å². The average molecular weight is 281 g/mol. The molecule has 0 atom stereocenters. The summed E-state index contributed by atoms with van der Waals surface area (Å²) in [5.74, 6) is -1.53. The Labute approximate surface area is 113 Å². The number of carboxylic acids is 1. The van der Waals surface area contributed by atoms with Crippen molar-refractivity contribution < 1.29 is 28.3 Å². The number of benzene rings is 1. The molecule has 0 aliphatic rings. The zero-order chi connectivity index (χ0) is 14.9. The van der Waals surface area contributed by atoms with E-state index in [9.17, 15) is 9.18 Å². The van der Waals surface area contributed by atoms with E-state index in [2.05, 4.69) is 5.16 Å². The van der Waals surface area contributed by atoms with E-state index in [4.69, 9.17) is 19.1 Å². The number of nitrogens with zero attached hydrogens (tertiary/aromatic N) is 1. The Kier molecular flexibility index (Phi) is 3.60. The van der Waals surface area contributed by atoms with Gasteiger partial charge in [-0.2, -0.15) is 0 Å². The van der Waals surface area contributed by atoms with E-state index in [1.807, 2.05) is 0 Å². The van der Waals surface area contributed by atoms with Gasteiger partial charge in [0.1, 0.15) is 0 Å². The maximum atomic E-state index is 13.9. The minimum atomic E-state index is -1.22. The zero-order valence-corrected chi connectivity index (χ0v) is 11.1. The Morgan fingerprint density at radius 1 is 1.30 bits per heavy atom. The lowest BCUT2D eigenvalue weighted by atomic mass is 10.0. The lowest BCUT2D eigenvalue weighted by Gasteiger charge is -2.13. The fourth-order valence-corrected chi connectivity index (χ4v) is 1.90. The van der Waals surface area contributed by atoms with Crippen LogP contribution in [0.3, 0.4) is 0 Å². The number of halogens is 1. The van der Waals surface area contributed by atoms with Crippen LogP contribution >= 0.6 is 0 Å². The van der Waals surface area contributed by atoms with Crippen molar-refractivity contribution in [3.63, 3.8) is 0 Å². The predicted octanol–water partition coefficient (Wildman–Crippen LogP) is 2.50. The van der Waals surface area contributed by atoms with Crippen LogP contribution in [-0.4, -0.2) is 30.5 Å². The second-order valence-corrected chi connectivity index (χ2v) is 3.98. The van der Waals surface area contributed by atoms with Crippen LogP contribution in [0, 0.1) is 12.7 Å². The Morgan fingerprint density at radius 2 is 1.95 bits per heavy atom. The van der Waals surface area contributed by atoms with Gasteiger partial charge in [-0.25, -0.2) is 9.18 Å². The number of methoxy groups -OCH3 is 2. The van der Waals surface area contributed by atoms with Crippen molar-refractivity contribution in [3.05, 3.63) is 29.2 Å². The van der Waals surface area contributed by atoms with Gasteiger partial charge in [-0.1, -0.05) is 5.16 Å². The predicted molar refractivity (Wildman–Crippen MR) is 66.7 cm³/mol. The molecule has 0 saturated heterocycles. The van der Waals surface area contributed by atoms with Gasteiger partial charge in [0.2, 0.25) is 0 Å². The Morgan fingerprint density at radius 3 is 2.45 bits per heavy atom. The monoisotopic (exact) mass is 281 g/mol. The van der Waals surface area contributed by atoms with Crippen LogP contribution in [-0.2, 0) is 0 Å². The fourth-order valence-electron chi connectivity index (χ4n) is 1.90. The SMILES string of the molecule is COc1c(F)cc(-c2cc(C(=O)O)no2)c(C)c1OC. The summed E-state index contributed by atoms with van der Waals surface area (Å²) >= 11 is 0. The summed E-state index contributed by atoms with van der Waals surface area (Å²) in [5.41, 5.74) is 0.647. The van der Waals surface area contributed by atoms with Crippen molar-refractivity contribution in [2.45, 2.75) is 6.92 Å². The Balaban J connectivity index is 2.62. The van der Waals surface area contributed by atoms with Gasteiger partial charge in [-0.3, -0.25) is 0 Å². The van der Waals surface area contributed by atoms with Gasteiger partial charge in [0.15, 0.2) is 28.8 Å². The smallest absolute Gasteiger partial charge is 0.358 e. The van der Waals surface area contributed by atoms with E-state index in [0.29, 0.717) is 11.1 Å². The molecule has 0 saturated carbocycles. The van der Waals surface area contributed by atoms with Crippen molar-refractivity contribution in [3.8, 4) is 22.8 Å². The number of hydrogen-bond donors (Lipinski definition) is 1. The molecule has 0 unspecified atom stereocenters. The molecule has 0 amide bonds. The van der Waals surface area contributed by atoms with Crippen molar-refractivity contribution in [1.29, 1.82) is 0 Å². The maximum Gasteiger partial charge on any atom is 0.358 e. The normalized spacial score (nSPS) is 10.4. The van der Waals surface area contributed by atoms with Gasteiger partial charge in [0.05, 0.1) is 14.2 Å². The van der Waals surface area contributed by atoms with Crippen LogP contribution in [0.4, 0.5) is 4.39 Å². The Bertz CT molecular complexity index is 665. The number of hydrogen-bond acceptors (Lipinski definition) is 5. The minimum Gasteiger partial charge on any atom is -0.492 e. The summed E-state index contributed by atoms with van der Waals surface area (Å²) in [6.07, 6.45) is 0. The maximum absolute atomic E-state index is 13.9. The summed E-state index contributed by atoms with van der Waals surface area (Å²) in [7, 11) is 2.72. The first-order valence-electron chi connectivity index (χ1n) is 5.61. The van der Waals surface area contributed by atoms with Crippen molar-refractivity contribution in [2.75, 3.05) is 14.2 Å². The van der Waals surface area contributed by atoms with Crippen LogP contribution < -0.4 is 9.47 Å².